The van der Waals surface area contributed by atoms with Crippen molar-refractivity contribution in [2.24, 2.45) is 0 Å². The molecule has 0 heterocycles. The number of aryl methyl sites for hydroxylation is 1. The molecule has 30 heavy (non-hydrogen) atoms. The summed E-state index contributed by atoms with van der Waals surface area (Å²) in [5.41, 5.74) is 3.00. The summed E-state index contributed by atoms with van der Waals surface area (Å²) in [5, 5.41) is 3.13. The van der Waals surface area contributed by atoms with E-state index in [0.717, 1.165) is 29.9 Å². The van der Waals surface area contributed by atoms with E-state index in [1.165, 1.54) is 10.5 Å². The standard InChI is InChI=1S/C26H29NO2S/c1-3-29-25-17-16-22(18-23(25)19-30-24-12-8-5-9-13-24)26(28)27-20(2)14-15-21-10-6-4-7-11-21/h4-13,16-18,20H,3,14-15,19H2,1-2H3,(H,27,28). The van der Waals surface area contributed by atoms with E-state index in [-0.39, 0.29) is 11.9 Å². The smallest absolute Gasteiger partial charge is 0.251 e. The Bertz CT molecular complexity index is 928. The molecule has 156 valence electrons. The Morgan fingerprint density at radius 1 is 1.00 bits per heavy atom. The van der Waals surface area contributed by atoms with E-state index in [1.54, 1.807) is 11.8 Å². The molecule has 1 N–H and O–H groups in total. The molecular formula is C26H29NO2S. The minimum atomic E-state index is -0.0374. The van der Waals surface area contributed by atoms with Gasteiger partial charge in [0.15, 0.2) is 0 Å². The molecule has 3 aromatic rings. The summed E-state index contributed by atoms with van der Waals surface area (Å²) < 4.78 is 5.78. The quantitative estimate of drug-likeness (QED) is 0.402. The average molecular weight is 420 g/mol. The minimum absolute atomic E-state index is 0.0374. The van der Waals surface area contributed by atoms with Crippen LogP contribution in [-0.2, 0) is 12.2 Å². The Labute approximate surface area is 183 Å². The number of carbonyl (C=O) groups is 1. The van der Waals surface area contributed by atoms with Crippen molar-refractivity contribution in [2.45, 2.75) is 43.4 Å². The molecule has 0 bridgehead atoms. The van der Waals surface area contributed by atoms with Gasteiger partial charge in [0.25, 0.3) is 5.91 Å². The predicted octanol–water partition coefficient (Wildman–Crippen LogP) is 6.13. The zero-order valence-corrected chi connectivity index (χ0v) is 18.5. The zero-order chi connectivity index (χ0) is 21.2. The van der Waals surface area contributed by atoms with Crippen LogP contribution in [0.2, 0.25) is 0 Å². The van der Waals surface area contributed by atoms with Crippen LogP contribution in [-0.4, -0.2) is 18.6 Å². The lowest BCUT2D eigenvalue weighted by atomic mass is 10.1. The summed E-state index contributed by atoms with van der Waals surface area (Å²) in [5.74, 6) is 1.56. The third-order valence-corrected chi connectivity index (χ3v) is 5.91. The topological polar surface area (TPSA) is 38.3 Å². The van der Waals surface area contributed by atoms with E-state index >= 15 is 0 Å². The third kappa shape index (κ3) is 6.67. The average Bonchev–Trinajstić information content (AvgIpc) is 2.78. The fourth-order valence-electron chi connectivity index (χ4n) is 3.21. The Hall–Kier alpha value is -2.72. The third-order valence-electron chi connectivity index (χ3n) is 4.85. The summed E-state index contributed by atoms with van der Waals surface area (Å²) in [7, 11) is 0. The Balaban J connectivity index is 1.63. The van der Waals surface area contributed by atoms with Crippen LogP contribution >= 0.6 is 11.8 Å². The van der Waals surface area contributed by atoms with Crippen molar-refractivity contribution < 1.29 is 9.53 Å². The van der Waals surface area contributed by atoms with Gasteiger partial charge in [-0.3, -0.25) is 4.79 Å². The van der Waals surface area contributed by atoms with Crippen molar-refractivity contribution >= 4 is 17.7 Å². The van der Waals surface area contributed by atoms with E-state index in [2.05, 4.69) is 36.5 Å². The number of ether oxygens (including phenoxy) is 1. The number of nitrogens with one attached hydrogen (secondary N) is 1. The van der Waals surface area contributed by atoms with Gasteiger partial charge in [0.1, 0.15) is 5.75 Å². The van der Waals surface area contributed by atoms with Gasteiger partial charge in [0.05, 0.1) is 6.61 Å². The van der Waals surface area contributed by atoms with E-state index in [0.29, 0.717) is 12.2 Å². The van der Waals surface area contributed by atoms with Crippen LogP contribution in [0.5, 0.6) is 5.75 Å². The maximum absolute atomic E-state index is 12.8. The van der Waals surface area contributed by atoms with Crippen LogP contribution in [0.3, 0.4) is 0 Å². The predicted molar refractivity (Wildman–Crippen MR) is 125 cm³/mol. The molecule has 0 saturated heterocycles. The second kappa shape index (κ2) is 11.5. The van der Waals surface area contributed by atoms with Crippen LogP contribution in [0.15, 0.2) is 83.8 Å². The summed E-state index contributed by atoms with van der Waals surface area (Å²) in [6.07, 6.45) is 1.86. The van der Waals surface area contributed by atoms with Crippen molar-refractivity contribution in [1.82, 2.24) is 5.32 Å². The van der Waals surface area contributed by atoms with Gasteiger partial charge >= 0.3 is 0 Å². The lowest BCUT2D eigenvalue weighted by Gasteiger charge is -2.16. The summed E-state index contributed by atoms with van der Waals surface area (Å²) in [4.78, 5) is 14.0. The summed E-state index contributed by atoms with van der Waals surface area (Å²) in [6, 6.07) is 26.5. The molecule has 0 saturated carbocycles. The SMILES string of the molecule is CCOc1ccc(C(=O)NC(C)CCc2ccccc2)cc1CSc1ccccc1. The maximum Gasteiger partial charge on any atom is 0.251 e. The fourth-order valence-corrected chi connectivity index (χ4v) is 4.11. The maximum atomic E-state index is 12.8. The van der Waals surface area contributed by atoms with E-state index in [9.17, 15) is 4.79 Å². The largest absolute Gasteiger partial charge is 0.494 e. The number of benzene rings is 3. The Morgan fingerprint density at radius 3 is 2.40 bits per heavy atom. The number of hydrogen-bond donors (Lipinski definition) is 1. The number of hydrogen-bond acceptors (Lipinski definition) is 3. The Morgan fingerprint density at radius 2 is 1.70 bits per heavy atom. The summed E-state index contributed by atoms with van der Waals surface area (Å²) in [6.45, 7) is 4.63. The molecule has 4 heteroatoms. The number of carbonyl (C=O) groups excluding carboxylic acids is 1. The molecule has 0 spiro atoms. The van der Waals surface area contributed by atoms with Crippen molar-refractivity contribution in [3.05, 3.63) is 95.6 Å². The highest BCUT2D eigenvalue weighted by Crippen LogP contribution is 2.29. The molecule has 3 aromatic carbocycles. The highest BCUT2D eigenvalue weighted by Gasteiger charge is 2.13. The first-order chi connectivity index (χ1) is 14.7. The van der Waals surface area contributed by atoms with Crippen LogP contribution in [0, 0.1) is 0 Å². The zero-order valence-electron chi connectivity index (χ0n) is 17.6. The normalized spacial score (nSPS) is 11.7. The first-order valence-electron chi connectivity index (χ1n) is 10.4. The molecule has 0 radical (unpaired) electrons. The van der Waals surface area contributed by atoms with Crippen LogP contribution in [0.1, 0.15) is 41.8 Å². The molecule has 0 aliphatic heterocycles. The number of rotatable bonds is 10. The first kappa shape index (κ1) is 22.0. The van der Waals surface area contributed by atoms with Crippen molar-refractivity contribution in [3.63, 3.8) is 0 Å². The molecule has 1 unspecified atom stereocenters. The van der Waals surface area contributed by atoms with Gasteiger partial charge in [-0.25, -0.2) is 0 Å². The first-order valence-corrected chi connectivity index (χ1v) is 11.4. The molecule has 1 atom stereocenters. The lowest BCUT2D eigenvalue weighted by Crippen LogP contribution is -2.33. The fraction of sp³-hybridized carbons (Fsp3) is 0.269. The van der Waals surface area contributed by atoms with Crippen molar-refractivity contribution in [1.29, 1.82) is 0 Å². The van der Waals surface area contributed by atoms with Crippen LogP contribution < -0.4 is 10.1 Å². The monoisotopic (exact) mass is 419 g/mol. The van der Waals surface area contributed by atoms with Gasteiger partial charge in [-0.2, -0.15) is 0 Å². The van der Waals surface area contributed by atoms with Gasteiger partial charge in [-0.05, 0) is 62.6 Å². The number of thioether (sulfide) groups is 1. The van der Waals surface area contributed by atoms with E-state index in [4.69, 9.17) is 4.74 Å². The molecule has 0 aliphatic rings. The van der Waals surface area contributed by atoms with E-state index < -0.39 is 0 Å². The van der Waals surface area contributed by atoms with Gasteiger partial charge in [-0.15, -0.1) is 11.8 Å². The molecule has 0 aromatic heterocycles. The highest BCUT2D eigenvalue weighted by molar-refractivity contribution is 7.98. The Kier molecular flexibility index (Phi) is 8.40. The van der Waals surface area contributed by atoms with Gasteiger partial charge in [0.2, 0.25) is 0 Å². The second-order valence-corrected chi connectivity index (χ2v) is 8.30. The molecule has 3 nitrogen and oxygen atoms in total. The molecule has 0 aliphatic carbocycles. The van der Waals surface area contributed by atoms with Crippen molar-refractivity contribution in [2.75, 3.05) is 6.61 Å². The van der Waals surface area contributed by atoms with Crippen LogP contribution in [0.4, 0.5) is 0 Å². The molecule has 3 rings (SSSR count). The number of amides is 1. The minimum Gasteiger partial charge on any atom is -0.494 e. The molecule has 0 fully saturated rings. The van der Waals surface area contributed by atoms with Gasteiger partial charge in [0, 0.05) is 27.8 Å². The highest BCUT2D eigenvalue weighted by atomic mass is 32.2. The van der Waals surface area contributed by atoms with Gasteiger partial charge < -0.3 is 10.1 Å². The molecular weight excluding hydrogens is 390 g/mol. The lowest BCUT2D eigenvalue weighted by molar-refractivity contribution is 0.0938. The van der Waals surface area contributed by atoms with Crippen molar-refractivity contribution in [3.8, 4) is 5.75 Å². The van der Waals surface area contributed by atoms with Gasteiger partial charge in [-0.1, -0.05) is 48.5 Å². The second-order valence-electron chi connectivity index (χ2n) is 7.26. The van der Waals surface area contributed by atoms with E-state index in [1.807, 2.05) is 61.5 Å². The summed E-state index contributed by atoms with van der Waals surface area (Å²) >= 11 is 1.74. The van der Waals surface area contributed by atoms with Crippen LogP contribution in [0.25, 0.3) is 0 Å². The molecule has 1 amide bonds.